The molecule has 4 rings (SSSR count). The molecule has 6 nitrogen and oxygen atoms in total. The quantitative estimate of drug-likeness (QED) is 0.601. The van der Waals surface area contributed by atoms with E-state index in [9.17, 15) is 14.4 Å². The molecule has 0 spiro atoms. The van der Waals surface area contributed by atoms with Crippen molar-refractivity contribution in [3.63, 3.8) is 0 Å². The second-order valence-corrected chi connectivity index (χ2v) is 7.63. The summed E-state index contributed by atoms with van der Waals surface area (Å²) in [5.74, 6) is -1.03. The monoisotopic (exact) mass is 367 g/mol. The fraction of sp³-hybridized carbons (Fsp3) is 0.476. The van der Waals surface area contributed by atoms with Gasteiger partial charge in [-0.1, -0.05) is 24.3 Å². The van der Waals surface area contributed by atoms with Crippen LogP contribution < -0.4 is 4.90 Å². The van der Waals surface area contributed by atoms with Gasteiger partial charge >= 0.3 is 0 Å². The minimum Gasteiger partial charge on any atom is -0.368 e. The lowest BCUT2D eigenvalue weighted by molar-refractivity contribution is -0.146. The molecule has 2 heterocycles. The van der Waals surface area contributed by atoms with Gasteiger partial charge in [-0.15, -0.1) is 0 Å². The van der Waals surface area contributed by atoms with Crippen LogP contribution in [0, 0.1) is 18.8 Å². The van der Waals surface area contributed by atoms with Crippen LogP contribution in [0.1, 0.15) is 18.4 Å². The van der Waals surface area contributed by atoms with Crippen LogP contribution in [0.3, 0.4) is 0 Å². The maximum atomic E-state index is 12.7. The Kier molecular flexibility index (Phi) is 4.72. The van der Waals surface area contributed by atoms with Crippen molar-refractivity contribution >= 4 is 23.4 Å². The van der Waals surface area contributed by atoms with Crippen molar-refractivity contribution in [1.29, 1.82) is 0 Å². The molecule has 1 aromatic rings. The zero-order chi connectivity index (χ0) is 19.0. The highest BCUT2D eigenvalue weighted by Crippen LogP contribution is 2.35. The van der Waals surface area contributed by atoms with E-state index in [1.54, 1.807) is 4.90 Å². The highest BCUT2D eigenvalue weighted by Gasteiger charge is 2.47. The fourth-order valence-corrected chi connectivity index (χ4v) is 4.30. The molecule has 0 aromatic heterocycles. The predicted molar refractivity (Wildman–Crippen MR) is 102 cm³/mol. The van der Waals surface area contributed by atoms with Crippen LogP contribution in [0.2, 0.25) is 0 Å². The number of fused-ring (bicyclic) bond motifs is 1. The Labute approximate surface area is 159 Å². The Morgan fingerprint density at radius 3 is 2.22 bits per heavy atom. The van der Waals surface area contributed by atoms with Crippen molar-refractivity contribution in [1.82, 2.24) is 9.80 Å². The molecule has 3 amide bonds. The first kappa shape index (κ1) is 17.8. The fourth-order valence-electron chi connectivity index (χ4n) is 4.30. The third kappa shape index (κ3) is 3.36. The number of benzene rings is 1. The van der Waals surface area contributed by atoms with Crippen LogP contribution in [-0.4, -0.2) is 60.2 Å². The average molecular weight is 367 g/mol. The van der Waals surface area contributed by atoms with Crippen LogP contribution in [0.5, 0.6) is 0 Å². The number of allylic oxidation sites excluding steroid dienone is 2. The molecule has 2 atom stereocenters. The van der Waals surface area contributed by atoms with Crippen molar-refractivity contribution in [2.75, 3.05) is 37.6 Å². The van der Waals surface area contributed by atoms with Gasteiger partial charge in [0.25, 0.3) is 0 Å². The number of hydrogen-bond donors (Lipinski definition) is 0. The Morgan fingerprint density at radius 1 is 1.00 bits per heavy atom. The lowest BCUT2D eigenvalue weighted by Crippen LogP contribution is -2.52. The summed E-state index contributed by atoms with van der Waals surface area (Å²) in [6.07, 6.45) is 5.13. The largest absolute Gasteiger partial charge is 0.368 e. The van der Waals surface area contributed by atoms with Gasteiger partial charge in [0.1, 0.15) is 6.54 Å². The van der Waals surface area contributed by atoms with Crippen LogP contribution >= 0.6 is 0 Å². The average Bonchev–Trinajstić information content (AvgIpc) is 2.93. The summed E-state index contributed by atoms with van der Waals surface area (Å²) in [7, 11) is 0. The van der Waals surface area contributed by atoms with Gasteiger partial charge in [0.2, 0.25) is 17.7 Å². The van der Waals surface area contributed by atoms with Gasteiger partial charge in [-0.3, -0.25) is 19.3 Å². The van der Waals surface area contributed by atoms with Crippen molar-refractivity contribution in [3.05, 3.63) is 42.0 Å². The molecule has 0 bridgehead atoms. The number of carbonyl (C=O) groups excluding carboxylic acids is 3. The number of likely N-dealkylation sites (tertiary alicyclic amines) is 1. The van der Waals surface area contributed by atoms with Crippen LogP contribution in [0.25, 0.3) is 0 Å². The number of amides is 3. The first-order valence-corrected chi connectivity index (χ1v) is 9.64. The van der Waals surface area contributed by atoms with Crippen molar-refractivity contribution in [3.8, 4) is 0 Å². The zero-order valence-corrected chi connectivity index (χ0v) is 15.6. The van der Waals surface area contributed by atoms with Crippen molar-refractivity contribution in [2.24, 2.45) is 11.8 Å². The molecule has 3 aliphatic rings. The Bertz CT molecular complexity index is 770. The van der Waals surface area contributed by atoms with E-state index in [2.05, 4.69) is 30.0 Å². The molecule has 0 unspecified atom stereocenters. The van der Waals surface area contributed by atoms with E-state index in [4.69, 9.17) is 0 Å². The molecule has 0 N–H and O–H groups in total. The van der Waals surface area contributed by atoms with E-state index in [1.807, 2.05) is 18.2 Å². The van der Waals surface area contributed by atoms with Crippen molar-refractivity contribution < 1.29 is 14.4 Å². The number of anilines is 1. The molecule has 142 valence electrons. The van der Waals surface area contributed by atoms with Gasteiger partial charge in [-0.25, -0.2) is 0 Å². The molecule has 6 heteroatoms. The molecule has 0 saturated carbocycles. The standard InChI is InChI=1S/C21H25N3O3/c1-15-5-4-6-16(13-15)22-9-11-23(12-10-22)19(25)14-24-20(26)17-7-2-3-8-18(17)21(24)27/h2-6,13,17-18H,7-12,14H2,1H3/t17-,18+. The SMILES string of the molecule is Cc1cccc(N2CCN(C(=O)CN3C(=O)[C@H]4CC=CC[C@H]4C3=O)CC2)c1. The number of imide groups is 1. The number of rotatable bonds is 3. The predicted octanol–water partition coefficient (Wildman–Crippen LogP) is 1.59. The number of nitrogens with zero attached hydrogens (tertiary/aromatic N) is 3. The molecule has 2 fully saturated rings. The summed E-state index contributed by atoms with van der Waals surface area (Å²) in [4.78, 5) is 43.0. The number of hydrogen-bond acceptors (Lipinski definition) is 4. The topological polar surface area (TPSA) is 60.9 Å². The Hall–Kier alpha value is -2.63. The first-order chi connectivity index (χ1) is 13.0. The smallest absolute Gasteiger partial charge is 0.242 e. The summed E-state index contributed by atoms with van der Waals surface area (Å²) in [5, 5.41) is 0. The summed E-state index contributed by atoms with van der Waals surface area (Å²) in [6.45, 7) is 4.68. The summed E-state index contributed by atoms with van der Waals surface area (Å²) in [5.41, 5.74) is 2.39. The summed E-state index contributed by atoms with van der Waals surface area (Å²) >= 11 is 0. The highest BCUT2D eigenvalue weighted by molar-refractivity contribution is 6.07. The molecule has 2 saturated heterocycles. The Balaban J connectivity index is 1.35. The van der Waals surface area contributed by atoms with E-state index in [0.29, 0.717) is 25.9 Å². The van der Waals surface area contributed by atoms with E-state index >= 15 is 0 Å². The molecule has 2 aliphatic heterocycles. The third-order valence-electron chi connectivity index (χ3n) is 5.89. The van der Waals surface area contributed by atoms with E-state index in [0.717, 1.165) is 13.1 Å². The highest BCUT2D eigenvalue weighted by atomic mass is 16.2. The molecule has 1 aliphatic carbocycles. The van der Waals surface area contributed by atoms with Crippen LogP contribution in [0.15, 0.2) is 36.4 Å². The van der Waals surface area contributed by atoms with Crippen LogP contribution in [0.4, 0.5) is 5.69 Å². The number of carbonyl (C=O) groups is 3. The molecule has 27 heavy (non-hydrogen) atoms. The van der Waals surface area contributed by atoms with Gasteiger partial charge in [-0.05, 0) is 37.5 Å². The van der Waals surface area contributed by atoms with Gasteiger partial charge < -0.3 is 9.80 Å². The minimum atomic E-state index is -0.270. The number of aryl methyl sites for hydroxylation is 1. The van der Waals surface area contributed by atoms with Gasteiger partial charge in [-0.2, -0.15) is 0 Å². The second kappa shape index (κ2) is 7.18. The lowest BCUT2D eigenvalue weighted by Gasteiger charge is -2.36. The maximum absolute atomic E-state index is 12.7. The first-order valence-electron chi connectivity index (χ1n) is 9.64. The molecule has 1 aromatic carbocycles. The molecule has 0 radical (unpaired) electrons. The van der Waals surface area contributed by atoms with E-state index in [1.165, 1.54) is 16.2 Å². The van der Waals surface area contributed by atoms with Gasteiger partial charge in [0.05, 0.1) is 11.8 Å². The zero-order valence-electron chi connectivity index (χ0n) is 15.6. The van der Waals surface area contributed by atoms with E-state index in [-0.39, 0.29) is 36.1 Å². The Morgan fingerprint density at radius 2 is 1.63 bits per heavy atom. The van der Waals surface area contributed by atoms with E-state index < -0.39 is 0 Å². The maximum Gasteiger partial charge on any atom is 0.242 e. The van der Waals surface area contributed by atoms with Crippen molar-refractivity contribution in [2.45, 2.75) is 19.8 Å². The summed E-state index contributed by atoms with van der Waals surface area (Å²) in [6, 6.07) is 8.35. The number of piperazine rings is 1. The lowest BCUT2D eigenvalue weighted by atomic mass is 9.85. The third-order valence-corrected chi connectivity index (χ3v) is 5.89. The van der Waals surface area contributed by atoms with Crippen LogP contribution in [-0.2, 0) is 14.4 Å². The molecular weight excluding hydrogens is 342 g/mol. The normalized spacial score (nSPS) is 25.1. The van der Waals surface area contributed by atoms with Gasteiger partial charge in [0, 0.05) is 31.9 Å². The minimum absolute atomic E-state index is 0.116. The molecular formula is C21H25N3O3. The second-order valence-electron chi connectivity index (χ2n) is 7.63. The summed E-state index contributed by atoms with van der Waals surface area (Å²) < 4.78 is 0. The van der Waals surface area contributed by atoms with Gasteiger partial charge in [0.15, 0.2) is 0 Å².